The standard InChI is InChI=1S/C15H19NO4S/c1-15-9-21(18)8-14(17)16(15)5-4-10-6-12(19-2)13(20-3)7-11(10)15/h6-7H,4-5,8-9H2,1-3H3. The highest BCUT2D eigenvalue weighted by Crippen LogP contribution is 2.43. The summed E-state index contributed by atoms with van der Waals surface area (Å²) in [4.78, 5) is 14.1. The molecule has 1 fully saturated rings. The summed E-state index contributed by atoms with van der Waals surface area (Å²) in [5.74, 6) is 1.92. The summed E-state index contributed by atoms with van der Waals surface area (Å²) < 4.78 is 22.8. The number of carbonyl (C=O) groups excluding carboxylic acids is 1. The first-order valence-electron chi connectivity index (χ1n) is 6.90. The van der Waals surface area contributed by atoms with E-state index in [0.29, 0.717) is 23.8 Å². The second-order valence-electron chi connectivity index (χ2n) is 5.66. The summed E-state index contributed by atoms with van der Waals surface area (Å²) in [6.45, 7) is 2.65. The summed E-state index contributed by atoms with van der Waals surface area (Å²) >= 11 is 0. The van der Waals surface area contributed by atoms with E-state index in [4.69, 9.17) is 9.47 Å². The molecule has 1 amide bonds. The van der Waals surface area contributed by atoms with Crippen LogP contribution in [0.3, 0.4) is 0 Å². The lowest BCUT2D eigenvalue weighted by Gasteiger charge is -2.48. The van der Waals surface area contributed by atoms with Crippen molar-refractivity contribution in [3.8, 4) is 11.5 Å². The molecule has 0 bridgehead atoms. The SMILES string of the molecule is COc1cc2c(cc1OC)C1(C)CS(=O)CC(=O)N1CC2. The van der Waals surface area contributed by atoms with Crippen LogP contribution in [0.25, 0.3) is 0 Å². The highest BCUT2D eigenvalue weighted by Gasteiger charge is 2.46. The van der Waals surface area contributed by atoms with Gasteiger partial charge in [-0.3, -0.25) is 9.00 Å². The van der Waals surface area contributed by atoms with Crippen LogP contribution in [0.15, 0.2) is 12.1 Å². The molecule has 2 heterocycles. The summed E-state index contributed by atoms with van der Waals surface area (Å²) in [5.41, 5.74) is 1.64. The average molecular weight is 309 g/mol. The monoisotopic (exact) mass is 309 g/mol. The molecule has 2 aliphatic heterocycles. The minimum atomic E-state index is -1.11. The zero-order chi connectivity index (χ0) is 15.2. The lowest BCUT2D eigenvalue weighted by molar-refractivity contribution is -0.135. The maximum atomic E-state index is 12.2. The highest BCUT2D eigenvalue weighted by atomic mass is 32.2. The molecule has 0 radical (unpaired) electrons. The summed E-state index contributed by atoms with van der Waals surface area (Å²) in [5, 5.41) is 0. The lowest BCUT2D eigenvalue weighted by atomic mass is 9.82. The van der Waals surface area contributed by atoms with Crippen molar-refractivity contribution in [2.75, 3.05) is 32.3 Å². The van der Waals surface area contributed by atoms with Gasteiger partial charge in [0, 0.05) is 17.3 Å². The Morgan fingerprint density at radius 2 is 1.90 bits per heavy atom. The van der Waals surface area contributed by atoms with Gasteiger partial charge in [-0.1, -0.05) is 0 Å². The highest BCUT2D eigenvalue weighted by molar-refractivity contribution is 7.85. The van der Waals surface area contributed by atoms with Crippen LogP contribution in [-0.2, 0) is 27.6 Å². The van der Waals surface area contributed by atoms with E-state index in [1.54, 1.807) is 14.2 Å². The first kappa shape index (κ1) is 14.4. The molecule has 0 aromatic heterocycles. The number of ether oxygens (including phenoxy) is 2. The van der Waals surface area contributed by atoms with Crippen molar-refractivity contribution < 1.29 is 18.5 Å². The van der Waals surface area contributed by atoms with Crippen LogP contribution >= 0.6 is 0 Å². The number of methoxy groups -OCH3 is 2. The van der Waals surface area contributed by atoms with Gasteiger partial charge in [-0.15, -0.1) is 0 Å². The molecule has 2 atom stereocenters. The second-order valence-corrected chi connectivity index (χ2v) is 7.12. The minimum absolute atomic E-state index is 0.0254. The third kappa shape index (κ3) is 2.12. The zero-order valence-electron chi connectivity index (χ0n) is 12.5. The Kier molecular flexibility index (Phi) is 3.43. The number of amides is 1. The third-order valence-corrected chi connectivity index (χ3v) is 5.87. The molecule has 0 saturated carbocycles. The average Bonchev–Trinajstić information content (AvgIpc) is 2.44. The van der Waals surface area contributed by atoms with E-state index in [1.165, 1.54) is 0 Å². The van der Waals surface area contributed by atoms with Crippen LogP contribution in [0.4, 0.5) is 0 Å². The quantitative estimate of drug-likeness (QED) is 0.820. The molecular weight excluding hydrogens is 290 g/mol. The second kappa shape index (κ2) is 5.02. The number of nitrogens with zero attached hydrogens (tertiary/aromatic N) is 1. The Labute approximate surface area is 126 Å². The van der Waals surface area contributed by atoms with Gasteiger partial charge in [0.15, 0.2) is 11.5 Å². The van der Waals surface area contributed by atoms with E-state index in [-0.39, 0.29) is 11.7 Å². The lowest BCUT2D eigenvalue weighted by Crippen LogP contribution is -2.59. The summed E-state index contributed by atoms with van der Waals surface area (Å²) in [6.07, 6.45) is 0.781. The van der Waals surface area contributed by atoms with E-state index >= 15 is 0 Å². The van der Waals surface area contributed by atoms with Crippen LogP contribution in [0, 0.1) is 0 Å². The first-order chi connectivity index (χ1) is 9.99. The van der Waals surface area contributed by atoms with Crippen LogP contribution in [0.5, 0.6) is 11.5 Å². The molecule has 0 spiro atoms. The molecule has 6 heteroatoms. The number of hydrogen-bond donors (Lipinski definition) is 0. The van der Waals surface area contributed by atoms with Gasteiger partial charge < -0.3 is 14.4 Å². The maximum Gasteiger partial charge on any atom is 0.235 e. The first-order valence-corrected chi connectivity index (χ1v) is 8.39. The number of fused-ring (bicyclic) bond motifs is 3. The van der Waals surface area contributed by atoms with Crippen molar-refractivity contribution in [3.63, 3.8) is 0 Å². The number of benzene rings is 1. The van der Waals surface area contributed by atoms with Gasteiger partial charge in [-0.2, -0.15) is 0 Å². The van der Waals surface area contributed by atoms with Crippen LogP contribution in [0.1, 0.15) is 18.1 Å². The third-order valence-electron chi connectivity index (χ3n) is 4.42. The molecule has 21 heavy (non-hydrogen) atoms. The van der Waals surface area contributed by atoms with Gasteiger partial charge in [0.1, 0.15) is 5.75 Å². The van der Waals surface area contributed by atoms with Crippen LogP contribution < -0.4 is 9.47 Å². The molecule has 0 N–H and O–H groups in total. The Bertz CT molecular complexity index is 630. The van der Waals surface area contributed by atoms with Gasteiger partial charge in [-0.25, -0.2) is 0 Å². The smallest absolute Gasteiger partial charge is 0.235 e. The topological polar surface area (TPSA) is 55.8 Å². The molecule has 0 aliphatic carbocycles. The molecule has 5 nitrogen and oxygen atoms in total. The molecule has 2 unspecified atom stereocenters. The maximum absolute atomic E-state index is 12.2. The van der Waals surface area contributed by atoms with E-state index in [2.05, 4.69) is 0 Å². The van der Waals surface area contributed by atoms with Gasteiger partial charge in [-0.05, 0) is 36.6 Å². The van der Waals surface area contributed by atoms with Gasteiger partial charge in [0.05, 0.1) is 25.5 Å². The Morgan fingerprint density at radius 3 is 2.57 bits per heavy atom. The van der Waals surface area contributed by atoms with E-state index in [1.807, 2.05) is 24.0 Å². The minimum Gasteiger partial charge on any atom is -0.493 e. The molecular formula is C15H19NO4S. The van der Waals surface area contributed by atoms with E-state index in [0.717, 1.165) is 17.5 Å². The molecule has 1 saturated heterocycles. The predicted octanol–water partition coefficient (Wildman–Crippen LogP) is 1.07. The van der Waals surface area contributed by atoms with Gasteiger partial charge >= 0.3 is 0 Å². The number of carbonyl (C=O) groups is 1. The fourth-order valence-electron chi connectivity index (χ4n) is 3.39. The molecule has 2 aliphatic rings. The van der Waals surface area contributed by atoms with Crippen LogP contribution in [-0.4, -0.2) is 47.3 Å². The Hall–Kier alpha value is -1.56. The summed E-state index contributed by atoms with van der Waals surface area (Å²) in [6, 6.07) is 3.90. The predicted molar refractivity (Wildman–Crippen MR) is 80.2 cm³/mol. The molecule has 1 aromatic carbocycles. The fraction of sp³-hybridized carbons (Fsp3) is 0.533. The molecule has 114 valence electrons. The van der Waals surface area contributed by atoms with Gasteiger partial charge in [0.25, 0.3) is 0 Å². The van der Waals surface area contributed by atoms with Crippen molar-refractivity contribution in [2.24, 2.45) is 0 Å². The normalized spacial score (nSPS) is 27.9. The van der Waals surface area contributed by atoms with Crippen molar-refractivity contribution in [2.45, 2.75) is 18.9 Å². The zero-order valence-corrected chi connectivity index (χ0v) is 13.3. The number of hydrogen-bond acceptors (Lipinski definition) is 4. The van der Waals surface area contributed by atoms with Crippen molar-refractivity contribution in [1.29, 1.82) is 0 Å². The van der Waals surface area contributed by atoms with Crippen molar-refractivity contribution in [3.05, 3.63) is 23.3 Å². The van der Waals surface area contributed by atoms with E-state index in [9.17, 15) is 9.00 Å². The molecule has 1 aromatic rings. The largest absolute Gasteiger partial charge is 0.493 e. The van der Waals surface area contributed by atoms with E-state index < -0.39 is 16.3 Å². The van der Waals surface area contributed by atoms with Crippen molar-refractivity contribution >= 4 is 16.7 Å². The van der Waals surface area contributed by atoms with Crippen molar-refractivity contribution in [1.82, 2.24) is 4.90 Å². The Morgan fingerprint density at radius 1 is 1.24 bits per heavy atom. The van der Waals surface area contributed by atoms with Crippen LogP contribution in [0.2, 0.25) is 0 Å². The fourth-order valence-corrected chi connectivity index (χ4v) is 4.86. The summed E-state index contributed by atoms with van der Waals surface area (Å²) in [7, 11) is 2.09. The Balaban J connectivity index is 2.16. The van der Waals surface area contributed by atoms with Gasteiger partial charge in [0.2, 0.25) is 5.91 Å². The number of rotatable bonds is 2. The molecule has 3 rings (SSSR count).